The summed E-state index contributed by atoms with van der Waals surface area (Å²) in [5.74, 6) is 0.476. The van der Waals surface area contributed by atoms with Crippen LogP contribution in [-0.4, -0.2) is 16.0 Å². The number of rotatable bonds is 8. The van der Waals surface area contributed by atoms with E-state index in [9.17, 15) is 5.11 Å². The van der Waals surface area contributed by atoms with E-state index in [0.29, 0.717) is 14.3 Å². The number of phenolic OH excluding ortho intramolecular Hbond substituents is 1. The molecule has 0 bridgehead atoms. The lowest BCUT2D eigenvalue weighted by Gasteiger charge is -2.36. The zero-order valence-electron chi connectivity index (χ0n) is 20.3. The fourth-order valence-corrected chi connectivity index (χ4v) is 6.24. The van der Waals surface area contributed by atoms with Gasteiger partial charge in [-0.05, 0) is 48.2 Å². The Labute approximate surface area is 195 Å². The SMILES string of the molecule is CCCC(CC)(Pc1ccccc1/C=N/n1cccc1)c1cc(C)cc(C(C)(C)C)c1O. The first-order valence-electron chi connectivity index (χ1n) is 11.6. The highest BCUT2D eigenvalue weighted by atomic mass is 31.1. The largest absolute Gasteiger partial charge is 0.507 e. The van der Waals surface area contributed by atoms with E-state index in [2.05, 4.69) is 83.0 Å². The molecule has 2 unspecified atom stereocenters. The van der Waals surface area contributed by atoms with Crippen LogP contribution in [0.15, 0.2) is 66.0 Å². The first-order chi connectivity index (χ1) is 15.2. The van der Waals surface area contributed by atoms with Crippen LogP contribution in [0.5, 0.6) is 5.75 Å². The van der Waals surface area contributed by atoms with E-state index in [4.69, 9.17) is 0 Å². The summed E-state index contributed by atoms with van der Waals surface area (Å²) in [6, 6.07) is 16.8. The van der Waals surface area contributed by atoms with Crippen molar-refractivity contribution in [2.45, 2.75) is 71.4 Å². The van der Waals surface area contributed by atoms with Gasteiger partial charge in [0.1, 0.15) is 5.75 Å². The summed E-state index contributed by atoms with van der Waals surface area (Å²) < 4.78 is 1.82. The number of aromatic nitrogens is 1. The molecule has 0 spiro atoms. The molecule has 2 atom stereocenters. The Morgan fingerprint density at radius 1 is 1.00 bits per heavy atom. The molecule has 0 aliphatic carbocycles. The number of hydrogen-bond donors (Lipinski definition) is 1. The molecule has 3 rings (SSSR count). The van der Waals surface area contributed by atoms with Crippen molar-refractivity contribution in [3.05, 3.63) is 83.2 Å². The van der Waals surface area contributed by atoms with E-state index in [1.807, 2.05) is 35.4 Å². The number of nitrogens with zero attached hydrogens (tertiary/aromatic N) is 2. The molecule has 0 fully saturated rings. The molecule has 0 amide bonds. The second-order valence-electron chi connectivity index (χ2n) is 9.66. The zero-order chi connectivity index (χ0) is 23.4. The molecule has 1 aromatic heterocycles. The Bertz CT molecular complexity index is 1060. The molecule has 0 saturated heterocycles. The molecule has 0 radical (unpaired) electrons. The summed E-state index contributed by atoms with van der Waals surface area (Å²) in [5, 5.41) is 17.3. The molecule has 3 nitrogen and oxygen atoms in total. The summed E-state index contributed by atoms with van der Waals surface area (Å²) in [6.45, 7) is 13.2. The number of hydrogen-bond acceptors (Lipinski definition) is 2. The second-order valence-corrected chi connectivity index (χ2v) is 11.4. The number of aromatic hydroxyl groups is 1. The molecular formula is C28H37N2OP. The summed E-state index contributed by atoms with van der Waals surface area (Å²) in [7, 11) is 0.536. The van der Waals surface area contributed by atoms with Crippen molar-refractivity contribution in [1.82, 2.24) is 4.68 Å². The standard InChI is InChI=1S/C28H37N2OP/c1-7-15-28(8-2,24-19-21(3)18-23(26(24)31)27(4,5)6)32-25-14-10-9-13-22(25)20-29-30-16-11-12-17-30/h9-14,16-20,31-32H,7-8,15H2,1-6H3/b29-20+. The summed E-state index contributed by atoms with van der Waals surface area (Å²) in [6.07, 6.45) is 8.90. The Morgan fingerprint density at radius 3 is 2.28 bits per heavy atom. The first-order valence-corrected chi connectivity index (χ1v) is 12.6. The van der Waals surface area contributed by atoms with Gasteiger partial charge in [0.15, 0.2) is 0 Å². The van der Waals surface area contributed by atoms with E-state index in [0.717, 1.165) is 36.0 Å². The maximum Gasteiger partial charge on any atom is 0.123 e. The van der Waals surface area contributed by atoms with Crippen LogP contribution in [0.2, 0.25) is 0 Å². The van der Waals surface area contributed by atoms with Gasteiger partial charge in [0.05, 0.1) is 6.21 Å². The van der Waals surface area contributed by atoms with Gasteiger partial charge in [-0.2, -0.15) is 5.10 Å². The van der Waals surface area contributed by atoms with Crippen molar-refractivity contribution < 1.29 is 5.11 Å². The quantitative estimate of drug-likeness (QED) is 0.290. The Kier molecular flexibility index (Phi) is 7.62. The molecular weight excluding hydrogens is 411 g/mol. The number of benzene rings is 2. The predicted molar refractivity (Wildman–Crippen MR) is 140 cm³/mol. The van der Waals surface area contributed by atoms with Crippen molar-refractivity contribution in [2.75, 3.05) is 0 Å². The average molecular weight is 449 g/mol. The van der Waals surface area contributed by atoms with Gasteiger partial charge in [0.25, 0.3) is 0 Å². The maximum atomic E-state index is 11.5. The molecule has 1 heterocycles. The minimum absolute atomic E-state index is 0.109. The minimum Gasteiger partial charge on any atom is -0.507 e. The Balaban J connectivity index is 2.11. The molecule has 170 valence electrons. The van der Waals surface area contributed by atoms with Crippen LogP contribution < -0.4 is 5.30 Å². The molecule has 2 aromatic carbocycles. The maximum absolute atomic E-state index is 11.5. The highest BCUT2D eigenvalue weighted by Gasteiger charge is 2.35. The van der Waals surface area contributed by atoms with Gasteiger partial charge in [-0.25, -0.2) is 4.68 Å². The van der Waals surface area contributed by atoms with Crippen LogP contribution in [0.3, 0.4) is 0 Å². The molecule has 0 aliphatic heterocycles. The van der Waals surface area contributed by atoms with Crippen molar-refractivity contribution in [3.63, 3.8) is 0 Å². The lowest BCUT2D eigenvalue weighted by molar-refractivity contribution is 0.420. The minimum atomic E-state index is -0.110. The van der Waals surface area contributed by atoms with Gasteiger partial charge >= 0.3 is 0 Å². The van der Waals surface area contributed by atoms with Gasteiger partial charge in [0, 0.05) is 28.7 Å². The first kappa shape index (κ1) is 24.3. The van der Waals surface area contributed by atoms with Crippen LogP contribution in [0.1, 0.15) is 76.1 Å². The van der Waals surface area contributed by atoms with Crippen LogP contribution in [-0.2, 0) is 10.6 Å². The van der Waals surface area contributed by atoms with Gasteiger partial charge < -0.3 is 5.11 Å². The average Bonchev–Trinajstić information content (AvgIpc) is 3.27. The molecule has 0 saturated carbocycles. The van der Waals surface area contributed by atoms with Crippen LogP contribution in [0, 0.1) is 6.92 Å². The second kappa shape index (κ2) is 10.0. The van der Waals surface area contributed by atoms with Gasteiger partial charge in [-0.1, -0.05) is 91.6 Å². The van der Waals surface area contributed by atoms with Crippen LogP contribution in [0.25, 0.3) is 0 Å². The van der Waals surface area contributed by atoms with Crippen LogP contribution >= 0.6 is 8.58 Å². The van der Waals surface area contributed by atoms with Crippen molar-refractivity contribution in [1.29, 1.82) is 0 Å². The van der Waals surface area contributed by atoms with Gasteiger partial charge in [-0.3, -0.25) is 0 Å². The molecule has 4 heteroatoms. The predicted octanol–water partition coefficient (Wildman–Crippen LogP) is 7.09. The zero-order valence-corrected chi connectivity index (χ0v) is 21.3. The summed E-state index contributed by atoms with van der Waals surface area (Å²) in [5.41, 5.74) is 4.37. The van der Waals surface area contributed by atoms with Crippen molar-refractivity contribution in [2.24, 2.45) is 5.10 Å². The lowest BCUT2D eigenvalue weighted by atomic mass is 9.80. The van der Waals surface area contributed by atoms with E-state index in [1.54, 1.807) is 0 Å². The van der Waals surface area contributed by atoms with Gasteiger partial charge in [0.2, 0.25) is 0 Å². The topological polar surface area (TPSA) is 37.5 Å². The molecule has 1 N–H and O–H groups in total. The molecule has 32 heavy (non-hydrogen) atoms. The van der Waals surface area contributed by atoms with Crippen molar-refractivity contribution in [3.8, 4) is 5.75 Å². The fraction of sp³-hybridized carbons (Fsp3) is 0.393. The van der Waals surface area contributed by atoms with Gasteiger partial charge in [-0.15, -0.1) is 0 Å². The van der Waals surface area contributed by atoms with E-state index < -0.39 is 0 Å². The highest BCUT2D eigenvalue weighted by Crippen LogP contribution is 2.52. The summed E-state index contributed by atoms with van der Waals surface area (Å²) >= 11 is 0. The highest BCUT2D eigenvalue weighted by molar-refractivity contribution is 7.48. The third kappa shape index (κ3) is 5.33. The summed E-state index contributed by atoms with van der Waals surface area (Å²) in [4.78, 5) is 0. The third-order valence-corrected chi connectivity index (χ3v) is 8.19. The van der Waals surface area contributed by atoms with Crippen molar-refractivity contribution >= 4 is 20.1 Å². The molecule has 0 aliphatic rings. The van der Waals surface area contributed by atoms with E-state index in [-0.39, 0.29) is 10.6 Å². The number of phenols is 1. The van der Waals surface area contributed by atoms with E-state index >= 15 is 0 Å². The molecule has 3 aromatic rings. The fourth-order valence-electron chi connectivity index (χ4n) is 4.37. The lowest BCUT2D eigenvalue weighted by Crippen LogP contribution is -2.25. The third-order valence-electron chi connectivity index (χ3n) is 6.11. The Morgan fingerprint density at radius 2 is 1.66 bits per heavy atom. The monoisotopic (exact) mass is 448 g/mol. The smallest absolute Gasteiger partial charge is 0.123 e. The van der Waals surface area contributed by atoms with Crippen LogP contribution in [0.4, 0.5) is 0 Å². The number of aryl methyl sites for hydroxylation is 1. The van der Waals surface area contributed by atoms with E-state index in [1.165, 1.54) is 10.9 Å². The normalized spacial score (nSPS) is 14.4. The Hall–Kier alpha value is -2.38.